The molecule has 0 aliphatic rings. The second-order valence-corrected chi connectivity index (χ2v) is 3.90. The van der Waals surface area contributed by atoms with Gasteiger partial charge in [0.2, 0.25) is 0 Å². The predicted octanol–water partition coefficient (Wildman–Crippen LogP) is 3.44. The van der Waals surface area contributed by atoms with Crippen LogP contribution in [0.3, 0.4) is 0 Å². The second kappa shape index (κ2) is 4.71. The monoisotopic (exact) mass is 308 g/mol. The molecule has 0 unspecified atom stereocenters. The quantitative estimate of drug-likeness (QED) is 0.621. The van der Waals surface area contributed by atoms with E-state index in [1.54, 1.807) is 6.07 Å². The van der Waals surface area contributed by atoms with Crippen LogP contribution in [0.15, 0.2) is 16.6 Å². The SMILES string of the molecule is N#CCc1cc(Br)c(C(F)(F)F)cc1[N+](=O)[O-]. The van der Waals surface area contributed by atoms with Crippen LogP contribution in [-0.4, -0.2) is 4.92 Å². The molecule has 90 valence electrons. The molecule has 1 rings (SSSR count). The number of nitro benzene ring substituents is 1. The lowest BCUT2D eigenvalue weighted by Gasteiger charge is -2.10. The smallest absolute Gasteiger partial charge is 0.258 e. The Balaban J connectivity index is 3.46. The van der Waals surface area contributed by atoms with E-state index in [0.717, 1.165) is 6.07 Å². The third-order valence-corrected chi connectivity index (χ3v) is 2.60. The van der Waals surface area contributed by atoms with Crippen molar-refractivity contribution in [1.29, 1.82) is 5.26 Å². The molecule has 0 atom stereocenters. The summed E-state index contributed by atoms with van der Waals surface area (Å²) in [6.07, 6.45) is -5.01. The fourth-order valence-electron chi connectivity index (χ4n) is 1.22. The van der Waals surface area contributed by atoms with Crippen molar-refractivity contribution in [3.8, 4) is 6.07 Å². The zero-order valence-corrected chi connectivity index (χ0v) is 9.67. The number of hydrogen-bond acceptors (Lipinski definition) is 3. The van der Waals surface area contributed by atoms with Crippen LogP contribution in [0.2, 0.25) is 0 Å². The van der Waals surface area contributed by atoms with Gasteiger partial charge in [-0.25, -0.2) is 0 Å². The van der Waals surface area contributed by atoms with E-state index < -0.39 is 22.4 Å². The molecule has 0 saturated carbocycles. The zero-order chi connectivity index (χ0) is 13.2. The van der Waals surface area contributed by atoms with E-state index in [4.69, 9.17) is 5.26 Å². The Morgan fingerprint density at radius 2 is 2.06 bits per heavy atom. The fourth-order valence-corrected chi connectivity index (χ4v) is 1.83. The van der Waals surface area contributed by atoms with Gasteiger partial charge < -0.3 is 0 Å². The standard InChI is InChI=1S/C9H4BrF3N2O2/c10-7-3-5(1-2-14)8(15(16)17)4-6(7)9(11,12)13/h3-4H,1H2. The van der Waals surface area contributed by atoms with Crippen molar-refractivity contribution in [1.82, 2.24) is 0 Å². The van der Waals surface area contributed by atoms with Crippen LogP contribution in [-0.2, 0) is 12.6 Å². The summed E-state index contributed by atoms with van der Waals surface area (Å²) in [5.41, 5.74) is -1.90. The molecule has 4 nitrogen and oxygen atoms in total. The van der Waals surface area contributed by atoms with Crippen LogP contribution < -0.4 is 0 Å². The molecule has 0 aromatic heterocycles. The largest absolute Gasteiger partial charge is 0.417 e. The van der Waals surface area contributed by atoms with Gasteiger partial charge in [-0.2, -0.15) is 18.4 Å². The molecular formula is C9H4BrF3N2O2. The van der Waals surface area contributed by atoms with Crippen molar-refractivity contribution in [3.05, 3.63) is 37.8 Å². The van der Waals surface area contributed by atoms with Gasteiger partial charge in [0.1, 0.15) is 0 Å². The summed E-state index contributed by atoms with van der Waals surface area (Å²) in [6.45, 7) is 0. The van der Waals surface area contributed by atoms with Gasteiger partial charge in [-0.15, -0.1) is 0 Å². The zero-order valence-electron chi connectivity index (χ0n) is 8.08. The average Bonchev–Trinajstić information content (AvgIpc) is 2.15. The Morgan fingerprint density at radius 3 is 2.47 bits per heavy atom. The third-order valence-electron chi connectivity index (χ3n) is 1.94. The highest BCUT2D eigenvalue weighted by atomic mass is 79.9. The molecule has 17 heavy (non-hydrogen) atoms. The van der Waals surface area contributed by atoms with Crippen molar-refractivity contribution in [2.75, 3.05) is 0 Å². The van der Waals surface area contributed by atoms with Crippen molar-refractivity contribution in [2.45, 2.75) is 12.6 Å². The van der Waals surface area contributed by atoms with Crippen LogP contribution in [0.25, 0.3) is 0 Å². The van der Waals surface area contributed by atoms with E-state index in [1.807, 2.05) is 0 Å². The van der Waals surface area contributed by atoms with E-state index >= 15 is 0 Å². The van der Waals surface area contributed by atoms with Crippen LogP contribution in [0, 0.1) is 21.4 Å². The summed E-state index contributed by atoms with van der Waals surface area (Å²) in [7, 11) is 0. The fraction of sp³-hybridized carbons (Fsp3) is 0.222. The Labute approximate surface area is 102 Å². The maximum Gasteiger partial charge on any atom is 0.417 e. The van der Waals surface area contributed by atoms with Crippen LogP contribution >= 0.6 is 15.9 Å². The Bertz CT molecular complexity index is 508. The van der Waals surface area contributed by atoms with E-state index in [1.165, 1.54) is 0 Å². The van der Waals surface area contributed by atoms with E-state index in [9.17, 15) is 23.3 Å². The van der Waals surface area contributed by atoms with Crippen molar-refractivity contribution >= 4 is 21.6 Å². The average molecular weight is 309 g/mol. The minimum absolute atomic E-state index is 0.0580. The molecule has 1 aromatic rings. The molecular weight excluding hydrogens is 305 g/mol. The number of hydrogen-bond donors (Lipinski definition) is 0. The number of rotatable bonds is 2. The number of alkyl halides is 3. The first kappa shape index (κ1) is 13.4. The number of nitrogens with zero attached hydrogens (tertiary/aromatic N) is 2. The lowest BCUT2D eigenvalue weighted by molar-refractivity contribution is -0.385. The molecule has 0 aliphatic heterocycles. The molecule has 0 radical (unpaired) electrons. The summed E-state index contributed by atoms with van der Waals surface area (Å²) < 4.78 is 37.2. The van der Waals surface area contributed by atoms with Crippen molar-refractivity contribution in [2.24, 2.45) is 0 Å². The predicted molar refractivity (Wildman–Crippen MR) is 55.1 cm³/mol. The molecule has 0 heterocycles. The van der Waals surface area contributed by atoms with E-state index in [2.05, 4.69) is 15.9 Å². The molecule has 0 saturated heterocycles. The van der Waals surface area contributed by atoms with Gasteiger partial charge >= 0.3 is 6.18 Å². The number of halogens is 4. The lowest BCUT2D eigenvalue weighted by atomic mass is 10.1. The van der Waals surface area contributed by atoms with Crippen LogP contribution in [0.4, 0.5) is 18.9 Å². The minimum atomic E-state index is -4.69. The summed E-state index contributed by atoms with van der Waals surface area (Å²) in [4.78, 5) is 9.66. The first-order valence-corrected chi connectivity index (χ1v) is 4.97. The highest BCUT2D eigenvalue weighted by molar-refractivity contribution is 9.10. The van der Waals surface area contributed by atoms with Gasteiger partial charge in [0.25, 0.3) is 5.69 Å². The first-order chi connectivity index (χ1) is 7.77. The summed E-state index contributed by atoms with van der Waals surface area (Å²) in [5.74, 6) is 0. The molecule has 0 N–H and O–H groups in total. The normalized spacial score (nSPS) is 11.0. The van der Waals surface area contributed by atoms with Gasteiger partial charge in [0, 0.05) is 16.1 Å². The number of nitro groups is 1. The first-order valence-electron chi connectivity index (χ1n) is 4.18. The van der Waals surface area contributed by atoms with Gasteiger partial charge in [-0.05, 0) is 6.07 Å². The Morgan fingerprint density at radius 1 is 1.47 bits per heavy atom. The topological polar surface area (TPSA) is 66.9 Å². The minimum Gasteiger partial charge on any atom is -0.258 e. The molecule has 0 spiro atoms. The van der Waals surface area contributed by atoms with E-state index in [-0.39, 0.29) is 16.5 Å². The van der Waals surface area contributed by atoms with E-state index in [0.29, 0.717) is 6.07 Å². The van der Waals surface area contributed by atoms with Gasteiger partial charge in [0.15, 0.2) is 0 Å². The molecule has 8 heteroatoms. The van der Waals surface area contributed by atoms with Crippen molar-refractivity contribution < 1.29 is 18.1 Å². The maximum absolute atomic E-state index is 12.5. The van der Waals surface area contributed by atoms with Gasteiger partial charge in [-0.3, -0.25) is 10.1 Å². The molecule has 0 amide bonds. The number of nitriles is 1. The van der Waals surface area contributed by atoms with Crippen LogP contribution in [0.5, 0.6) is 0 Å². The number of benzene rings is 1. The second-order valence-electron chi connectivity index (χ2n) is 3.05. The Kier molecular flexibility index (Phi) is 3.72. The van der Waals surface area contributed by atoms with Gasteiger partial charge in [0.05, 0.1) is 23.0 Å². The highest BCUT2D eigenvalue weighted by Crippen LogP contribution is 2.38. The van der Waals surface area contributed by atoms with Crippen molar-refractivity contribution in [3.63, 3.8) is 0 Å². The third kappa shape index (κ3) is 2.94. The van der Waals surface area contributed by atoms with Crippen LogP contribution in [0.1, 0.15) is 11.1 Å². The molecule has 0 fully saturated rings. The molecule has 0 bridgehead atoms. The summed E-state index contributed by atoms with van der Waals surface area (Å²) >= 11 is 2.68. The molecule has 1 aromatic carbocycles. The Hall–Kier alpha value is -1.62. The van der Waals surface area contributed by atoms with Gasteiger partial charge in [-0.1, -0.05) is 15.9 Å². The summed E-state index contributed by atoms with van der Waals surface area (Å²) in [6, 6.07) is 3.03. The highest BCUT2D eigenvalue weighted by Gasteiger charge is 2.35. The maximum atomic E-state index is 12.5. The lowest BCUT2D eigenvalue weighted by Crippen LogP contribution is -2.08. The summed E-state index contributed by atoms with van der Waals surface area (Å²) in [5, 5.41) is 19.0. The molecule has 0 aliphatic carbocycles.